The van der Waals surface area contributed by atoms with E-state index in [9.17, 15) is 31.2 Å². The van der Waals surface area contributed by atoms with Crippen LogP contribution in [-0.2, 0) is 29.6 Å². The lowest BCUT2D eigenvalue weighted by molar-refractivity contribution is -0.137. The fourth-order valence-corrected chi connectivity index (χ4v) is 3.74. The van der Waals surface area contributed by atoms with E-state index >= 15 is 0 Å². The van der Waals surface area contributed by atoms with Gasteiger partial charge in [-0.2, -0.15) is 13.2 Å². The Morgan fingerprint density at radius 3 is 2.45 bits per heavy atom. The minimum absolute atomic E-state index is 0.00752. The zero-order chi connectivity index (χ0) is 24.6. The Balaban J connectivity index is 1.93. The van der Waals surface area contributed by atoms with Crippen LogP contribution in [-0.4, -0.2) is 30.1 Å². The number of pyridine rings is 2. The summed E-state index contributed by atoms with van der Waals surface area (Å²) in [5.74, 6) is -0.738. The number of halogens is 3. The number of aryl methyl sites for hydroxylation is 1. The molecule has 0 fully saturated rings. The van der Waals surface area contributed by atoms with Crippen LogP contribution >= 0.6 is 0 Å². The summed E-state index contributed by atoms with van der Waals surface area (Å²) >= 11 is 0. The number of benzene rings is 1. The van der Waals surface area contributed by atoms with Gasteiger partial charge in [-0.3, -0.25) is 14.6 Å². The molecule has 0 bridgehead atoms. The number of hydrogen-bond acceptors (Lipinski definition) is 5. The van der Waals surface area contributed by atoms with Crippen molar-refractivity contribution >= 4 is 15.7 Å². The molecule has 7 nitrogen and oxygen atoms in total. The predicted molar refractivity (Wildman–Crippen MR) is 115 cm³/mol. The van der Waals surface area contributed by atoms with Gasteiger partial charge < -0.3 is 9.88 Å². The van der Waals surface area contributed by atoms with Gasteiger partial charge in [-0.05, 0) is 36.8 Å². The Morgan fingerprint density at radius 1 is 1.18 bits per heavy atom. The average molecular weight is 479 g/mol. The molecule has 174 valence electrons. The summed E-state index contributed by atoms with van der Waals surface area (Å²) in [6.45, 7) is 1.49. The average Bonchev–Trinajstić information content (AvgIpc) is 2.74. The smallest absolute Gasteiger partial charge is 0.353 e. The van der Waals surface area contributed by atoms with Gasteiger partial charge in [0.05, 0.1) is 22.7 Å². The van der Waals surface area contributed by atoms with E-state index in [1.54, 1.807) is 14.0 Å². The first kappa shape index (κ1) is 24.2. The third-order valence-corrected chi connectivity index (χ3v) is 6.16. The molecule has 1 N–H and O–H groups in total. The van der Waals surface area contributed by atoms with E-state index < -0.39 is 32.9 Å². The molecule has 0 spiro atoms. The summed E-state index contributed by atoms with van der Waals surface area (Å²) in [6, 6.07) is 7.14. The topological polar surface area (TPSA) is 98.1 Å². The number of amides is 1. The maximum atomic E-state index is 13.1. The van der Waals surface area contributed by atoms with E-state index in [0.717, 1.165) is 24.6 Å². The van der Waals surface area contributed by atoms with Crippen LogP contribution in [0.1, 0.15) is 27.3 Å². The SMILES string of the molecule is Cc1c(-c2cccc(C(F)(F)F)c2)c(=O)c(C(=O)NCc2ccc(S(C)(=O)=O)cn2)cn1C. The van der Waals surface area contributed by atoms with Crippen LogP contribution in [0.5, 0.6) is 0 Å². The third-order valence-electron chi connectivity index (χ3n) is 5.06. The standard InChI is InChI=1S/C22H20F3N3O4S/c1-13-19(14-5-4-6-15(9-14)22(23,24)25)20(29)18(12-28(13)2)21(30)27-10-16-7-8-17(11-26-16)33(3,31)32/h4-9,11-12H,10H2,1-3H3,(H,27,30). The molecular formula is C22H20F3N3O4S. The third kappa shape index (κ3) is 5.30. The van der Waals surface area contributed by atoms with E-state index in [1.807, 2.05) is 0 Å². The molecule has 0 saturated heterocycles. The molecule has 1 aromatic carbocycles. The summed E-state index contributed by atoms with van der Waals surface area (Å²) in [6.07, 6.45) is -1.07. The highest BCUT2D eigenvalue weighted by Gasteiger charge is 2.31. The molecule has 3 aromatic rings. The number of carbonyl (C=O) groups excluding carboxylic acids is 1. The summed E-state index contributed by atoms with van der Waals surface area (Å²) in [4.78, 5) is 29.8. The van der Waals surface area contributed by atoms with Gasteiger partial charge in [-0.1, -0.05) is 12.1 Å². The molecule has 0 radical (unpaired) electrons. The second-order valence-electron chi connectivity index (χ2n) is 7.46. The van der Waals surface area contributed by atoms with Crippen LogP contribution in [0.3, 0.4) is 0 Å². The van der Waals surface area contributed by atoms with Crippen LogP contribution in [0.2, 0.25) is 0 Å². The molecule has 3 rings (SSSR count). The molecular weight excluding hydrogens is 459 g/mol. The molecule has 0 aliphatic heterocycles. The number of rotatable bonds is 5. The molecule has 0 aliphatic carbocycles. The van der Waals surface area contributed by atoms with E-state index in [2.05, 4.69) is 10.3 Å². The van der Waals surface area contributed by atoms with Crippen LogP contribution in [0.15, 0.2) is 58.5 Å². The zero-order valence-electron chi connectivity index (χ0n) is 17.9. The number of carbonyl (C=O) groups is 1. The van der Waals surface area contributed by atoms with Crippen molar-refractivity contribution in [3.05, 3.63) is 81.5 Å². The fourth-order valence-electron chi connectivity index (χ4n) is 3.18. The summed E-state index contributed by atoms with van der Waals surface area (Å²) in [7, 11) is -1.84. The van der Waals surface area contributed by atoms with Crippen molar-refractivity contribution in [2.24, 2.45) is 7.05 Å². The molecule has 2 heterocycles. The van der Waals surface area contributed by atoms with Crippen molar-refractivity contribution in [3.63, 3.8) is 0 Å². The number of aromatic nitrogens is 2. The first-order chi connectivity index (χ1) is 15.3. The predicted octanol–water partition coefficient (Wildman–Crippen LogP) is 3.11. The Bertz CT molecular complexity index is 1380. The second-order valence-corrected chi connectivity index (χ2v) is 9.48. The molecule has 11 heteroatoms. The Labute approximate surface area is 187 Å². The van der Waals surface area contributed by atoms with Crippen molar-refractivity contribution in [2.75, 3.05) is 6.26 Å². The highest BCUT2D eigenvalue weighted by molar-refractivity contribution is 7.90. The van der Waals surface area contributed by atoms with Gasteiger partial charge in [0, 0.05) is 37.0 Å². The highest BCUT2D eigenvalue weighted by Crippen LogP contribution is 2.32. The maximum absolute atomic E-state index is 13.1. The van der Waals surface area contributed by atoms with Gasteiger partial charge in [0.25, 0.3) is 5.91 Å². The largest absolute Gasteiger partial charge is 0.416 e. The van der Waals surface area contributed by atoms with Crippen LogP contribution in [0.25, 0.3) is 11.1 Å². The van der Waals surface area contributed by atoms with E-state index in [0.29, 0.717) is 11.4 Å². The van der Waals surface area contributed by atoms with Crippen molar-refractivity contribution in [3.8, 4) is 11.1 Å². The second kappa shape index (κ2) is 8.81. The summed E-state index contributed by atoms with van der Waals surface area (Å²) < 4.78 is 63.9. The number of hydrogen-bond donors (Lipinski definition) is 1. The van der Waals surface area contributed by atoms with Crippen LogP contribution in [0.4, 0.5) is 13.2 Å². The molecule has 2 aromatic heterocycles. The van der Waals surface area contributed by atoms with Crippen LogP contribution < -0.4 is 10.7 Å². The van der Waals surface area contributed by atoms with Gasteiger partial charge in [0.2, 0.25) is 5.43 Å². The molecule has 0 unspecified atom stereocenters. The van der Waals surface area contributed by atoms with E-state index in [4.69, 9.17) is 0 Å². The fraction of sp³-hybridized carbons (Fsp3) is 0.227. The number of alkyl halides is 3. The van der Waals surface area contributed by atoms with Gasteiger partial charge >= 0.3 is 6.18 Å². The van der Waals surface area contributed by atoms with Crippen molar-refractivity contribution in [2.45, 2.75) is 24.5 Å². The Kier molecular flexibility index (Phi) is 6.46. The number of nitrogens with one attached hydrogen (secondary N) is 1. The van der Waals surface area contributed by atoms with E-state index in [1.165, 1.54) is 35.0 Å². The van der Waals surface area contributed by atoms with Crippen LogP contribution in [0, 0.1) is 6.92 Å². The summed E-state index contributed by atoms with van der Waals surface area (Å²) in [5, 5.41) is 2.53. The summed E-state index contributed by atoms with van der Waals surface area (Å²) in [5.41, 5.74) is -1.06. The first-order valence-corrected chi connectivity index (χ1v) is 11.5. The molecule has 0 atom stereocenters. The molecule has 0 aliphatic rings. The van der Waals surface area contributed by atoms with Gasteiger partial charge in [-0.25, -0.2) is 8.42 Å². The Hall–Kier alpha value is -3.47. The van der Waals surface area contributed by atoms with Gasteiger partial charge in [-0.15, -0.1) is 0 Å². The monoisotopic (exact) mass is 479 g/mol. The quantitative estimate of drug-likeness (QED) is 0.607. The van der Waals surface area contributed by atoms with Gasteiger partial charge in [0.15, 0.2) is 9.84 Å². The maximum Gasteiger partial charge on any atom is 0.416 e. The molecule has 0 saturated carbocycles. The van der Waals surface area contributed by atoms with Gasteiger partial charge in [0.1, 0.15) is 5.56 Å². The zero-order valence-corrected chi connectivity index (χ0v) is 18.7. The lowest BCUT2D eigenvalue weighted by atomic mass is 9.99. The minimum Gasteiger partial charge on any atom is -0.353 e. The van der Waals surface area contributed by atoms with E-state index in [-0.39, 0.29) is 28.1 Å². The van der Waals surface area contributed by atoms with Crippen molar-refractivity contribution in [1.29, 1.82) is 0 Å². The molecule has 1 amide bonds. The van der Waals surface area contributed by atoms with Crippen molar-refractivity contribution < 1.29 is 26.4 Å². The first-order valence-electron chi connectivity index (χ1n) is 9.60. The highest BCUT2D eigenvalue weighted by atomic mass is 32.2. The number of nitrogens with zero attached hydrogens (tertiary/aromatic N) is 2. The lowest BCUT2D eigenvalue weighted by Crippen LogP contribution is -2.30. The van der Waals surface area contributed by atoms with Crippen molar-refractivity contribution in [1.82, 2.24) is 14.9 Å². The number of sulfone groups is 1. The Morgan fingerprint density at radius 2 is 1.88 bits per heavy atom. The minimum atomic E-state index is -4.58. The molecule has 33 heavy (non-hydrogen) atoms. The lowest BCUT2D eigenvalue weighted by Gasteiger charge is -2.15. The normalized spacial score (nSPS) is 11.9.